The van der Waals surface area contributed by atoms with E-state index in [0.717, 1.165) is 18.8 Å². The zero-order valence-electron chi connectivity index (χ0n) is 13.7. The number of nitrogen functional groups attached to an aromatic ring is 1. The van der Waals surface area contributed by atoms with Gasteiger partial charge in [-0.15, -0.1) is 5.10 Å². The Balaban J connectivity index is 1.55. The first-order chi connectivity index (χ1) is 11.6. The van der Waals surface area contributed by atoms with Crippen LogP contribution in [0, 0.1) is 0 Å². The minimum atomic E-state index is -0.318. The highest BCUT2D eigenvalue weighted by atomic mass is 32.2. The molecule has 1 aliphatic rings. The highest BCUT2D eigenvalue weighted by molar-refractivity contribution is 8.00. The number of H-pyrrole nitrogens is 1. The van der Waals surface area contributed by atoms with Crippen molar-refractivity contribution in [2.24, 2.45) is 0 Å². The van der Waals surface area contributed by atoms with Gasteiger partial charge in [0.2, 0.25) is 17.0 Å². The lowest BCUT2D eigenvalue weighted by Gasteiger charge is -2.28. The van der Waals surface area contributed by atoms with Crippen LogP contribution in [0.2, 0.25) is 0 Å². The van der Waals surface area contributed by atoms with Gasteiger partial charge in [0.15, 0.2) is 0 Å². The smallest absolute Gasteiger partial charge is 0.237 e. The first kappa shape index (κ1) is 16.6. The predicted octanol–water partition coefficient (Wildman–Crippen LogP) is 2.50. The molecule has 1 atom stereocenters. The van der Waals surface area contributed by atoms with Gasteiger partial charge in [-0.25, -0.2) is 5.10 Å². The lowest BCUT2D eigenvalue weighted by Crippen LogP contribution is -2.29. The van der Waals surface area contributed by atoms with E-state index in [2.05, 4.69) is 37.5 Å². The third-order valence-corrected chi connectivity index (χ3v) is 4.95. The molecule has 4 N–H and O–H groups in total. The van der Waals surface area contributed by atoms with Crippen molar-refractivity contribution in [3.05, 3.63) is 24.3 Å². The Morgan fingerprint density at radius 2 is 2.00 bits per heavy atom. The summed E-state index contributed by atoms with van der Waals surface area (Å²) in [4.78, 5) is 18.7. The molecule has 7 nitrogen and oxygen atoms in total. The van der Waals surface area contributed by atoms with Gasteiger partial charge in [0.25, 0.3) is 0 Å². The average molecular weight is 346 g/mol. The quantitative estimate of drug-likeness (QED) is 0.719. The fourth-order valence-electron chi connectivity index (χ4n) is 2.67. The zero-order chi connectivity index (χ0) is 16.9. The highest BCUT2D eigenvalue weighted by Crippen LogP contribution is 2.24. The summed E-state index contributed by atoms with van der Waals surface area (Å²) in [7, 11) is 0. The van der Waals surface area contributed by atoms with Gasteiger partial charge in [-0.2, -0.15) is 4.98 Å². The van der Waals surface area contributed by atoms with Crippen LogP contribution in [-0.2, 0) is 4.79 Å². The molecular formula is C16H22N6OS. The van der Waals surface area contributed by atoms with Gasteiger partial charge in [0.1, 0.15) is 0 Å². The molecular weight excluding hydrogens is 324 g/mol. The Morgan fingerprint density at radius 1 is 1.29 bits per heavy atom. The number of rotatable bonds is 5. The number of hydrogen-bond donors (Lipinski definition) is 3. The summed E-state index contributed by atoms with van der Waals surface area (Å²) < 4.78 is 0. The summed E-state index contributed by atoms with van der Waals surface area (Å²) in [5.41, 5.74) is 7.49. The van der Waals surface area contributed by atoms with Gasteiger partial charge < -0.3 is 16.0 Å². The first-order valence-electron chi connectivity index (χ1n) is 8.12. The molecule has 1 aromatic heterocycles. The van der Waals surface area contributed by atoms with Crippen molar-refractivity contribution in [3.8, 4) is 0 Å². The van der Waals surface area contributed by atoms with Crippen molar-refractivity contribution in [1.29, 1.82) is 0 Å². The molecule has 0 saturated carbocycles. The number of carbonyl (C=O) groups excluding carboxylic acids is 1. The van der Waals surface area contributed by atoms with Gasteiger partial charge in [-0.3, -0.25) is 4.79 Å². The third kappa shape index (κ3) is 4.19. The molecule has 1 aliphatic heterocycles. The monoisotopic (exact) mass is 346 g/mol. The van der Waals surface area contributed by atoms with Crippen LogP contribution in [0.15, 0.2) is 29.4 Å². The number of benzene rings is 1. The van der Waals surface area contributed by atoms with Crippen LogP contribution in [-0.4, -0.2) is 39.4 Å². The molecule has 0 spiro atoms. The SMILES string of the molecule is C[C@H](Sc1n[nH]c(N)n1)C(=O)Nc1ccc(N2CCCCC2)cc1. The minimum absolute atomic E-state index is 0.0888. The maximum atomic E-state index is 12.3. The lowest BCUT2D eigenvalue weighted by atomic mass is 10.1. The van der Waals surface area contributed by atoms with Crippen molar-refractivity contribution in [2.45, 2.75) is 36.6 Å². The molecule has 1 saturated heterocycles. The lowest BCUT2D eigenvalue weighted by molar-refractivity contribution is -0.115. The summed E-state index contributed by atoms with van der Waals surface area (Å²) >= 11 is 1.26. The molecule has 2 heterocycles. The maximum absolute atomic E-state index is 12.3. The zero-order valence-corrected chi connectivity index (χ0v) is 14.5. The molecule has 1 amide bonds. The van der Waals surface area contributed by atoms with E-state index in [1.165, 1.54) is 36.7 Å². The maximum Gasteiger partial charge on any atom is 0.237 e. The predicted molar refractivity (Wildman–Crippen MR) is 97.2 cm³/mol. The van der Waals surface area contributed by atoms with E-state index in [0.29, 0.717) is 5.16 Å². The number of aromatic amines is 1. The van der Waals surface area contributed by atoms with Gasteiger partial charge in [-0.05, 0) is 50.5 Å². The van der Waals surface area contributed by atoms with Crippen LogP contribution < -0.4 is 16.0 Å². The van der Waals surface area contributed by atoms with E-state index >= 15 is 0 Å². The standard InChI is InChI=1S/C16H22N6OS/c1-11(24-16-19-15(17)20-21-16)14(23)18-12-5-7-13(8-6-12)22-9-3-2-4-10-22/h5-8,11H,2-4,9-10H2,1H3,(H,18,23)(H3,17,19,20,21)/t11-/m0/s1. The summed E-state index contributed by atoms with van der Waals surface area (Å²) in [6, 6.07) is 8.03. The summed E-state index contributed by atoms with van der Waals surface area (Å²) in [5, 5.41) is 9.56. The van der Waals surface area contributed by atoms with Crippen LogP contribution in [0.5, 0.6) is 0 Å². The summed E-state index contributed by atoms with van der Waals surface area (Å²) in [6.07, 6.45) is 3.81. The molecule has 0 unspecified atom stereocenters. The molecule has 2 aromatic rings. The summed E-state index contributed by atoms with van der Waals surface area (Å²) in [6.45, 7) is 4.03. The summed E-state index contributed by atoms with van der Waals surface area (Å²) in [5.74, 6) is 0.160. The van der Waals surface area contributed by atoms with E-state index in [1.807, 2.05) is 19.1 Å². The van der Waals surface area contributed by atoms with Crippen LogP contribution in [0.3, 0.4) is 0 Å². The minimum Gasteiger partial charge on any atom is -0.372 e. The Kier molecular flexibility index (Phi) is 5.24. The number of piperidine rings is 1. The van der Waals surface area contributed by atoms with E-state index in [9.17, 15) is 4.79 Å². The van der Waals surface area contributed by atoms with Crippen LogP contribution >= 0.6 is 11.8 Å². The molecule has 3 rings (SSSR count). The third-order valence-electron chi connectivity index (χ3n) is 3.99. The number of amides is 1. The highest BCUT2D eigenvalue weighted by Gasteiger charge is 2.17. The van der Waals surface area contributed by atoms with Crippen LogP contribution in [0.4, 0.5) is 17.3 Å². The number of nitrogens with one attached hydrogen (secondary N) is 2. The van der Waals surface area contributed by atoms with Crippen LogP contribution in [0.1, 0.15) is 26.2 Å². The van der Waals surface area contributed by atoms with Gasteiger partial charge >= 0.3 is 0 Å². The Morgan fingerprint density at radius 3 is 2.62 bits per heavy atom. The van der Waals surface area contributed by atoms with Gasteiger partial charge in [0.05, 0.1) is 5.25 Å². The number of hydrogen-bond acceptors (Lipinski definition) is 6. The van der Waals surface area contributed by atoms with E-state index < -0.39 is 0 Å². The molecule has 0 radical (unpaired) electrons. The van der Waals surface area contributed by atoms with Crippen molar-refractivity contribution in [1.82, 2.24) is 15.2 Å². The molecule has 128 valence electrons. The number of carbonyl (C=O) groups is 1. The molecule has 0 aliphatic carbocycles. The number of nitrogens with zero attached hydrogens (tertiary/aromatic N) is 3. The second kappa shape index (κ2) is 7.57. The Bertz CT molecular complexity index is 680. The first-order valence-corrected chi connectivity index (χ1v) is 9.00. The van der Waals surface area contributed by atoms with Crippen molar-refractivity contribution < 1.29 is 4.79 Å². The number of thioether (sulfide) groups is 1. The Labute approximate surface area is 145 Å². The molecule has 8 heteroatoms. The van der Waals surface area contributed by atoms with Crippen molar-refractivity contribution in [3.63, 3.8) is 0 Å². The normalized spacial score (nSPS) is 16.0. The fraction of sp³-hybridized carbons (Fsp3) is 0.438. The molecule has 24 heavy (non-hydrogen) atoms. The second-order valence-corrected chi connectivity index (χ2v) is 7.16. The average Bonchev–Trinajstić information content (AvgIpc) is 3.01. The van der Waals surface area contributed by atoms with Crippen LogP contribution in [0.25, 0.3) is 0 Å². The van der Waals surface area contributed by atoms with Gasteiger partial charge in [-0.1, -0.05) is 11.8 Å². The van der Waals surface area contributed by atoms with E-state index in [1.54, 1.807) is 0 Å². The van der Waals surface area contributed by atoms with E-state index in [-0.39, 0.29) is 17.1 Å². The molecule has 1 fully saturated rings. The molecule has 1 aromatic carbocycles. The van der Waals surface area contributed by atoms with Crippen molar-refractivity contribution in [2.75, 3.05) is 29.0 Å². The number of aromatic nitrogens is 3. The fourth-order valence-corrected chi connectivity index (χ4v) is 3.41. The van der Waals surface area contributed by atoms with E-state index in [4.69, 9.17) is 5.73 Å². The number of nitrogens with two attached hydrogens (primary N) is 1. The van der Waals surface area contributed by atoms with Gasteiger partial charge in [0, 0.05) is 24.5 Å². The molecule has 0 bridgehead atoms. The largest absolute Gasteiger partial charge is 0.372 e. The second-order valence-electron chi connectivity index (χ2n) is 5.85. The number of anilines is 3. The topological polar surface area (TPSA) is 99.9 Å². The Hall–Kier alpha value is -2.22. The van der Waals surface area contributed by atoms with Crippen molar-refractivity contribution >= 4 is 35.0 Å².